The van der Waals surface area contributed by atoms with E-state index in [2.05, 4.69) is 49.8 Å². The van der Waals surface area contributed by atoms with Gasteiger partial charge in [0.25, 0.3) is 5.56 Å². The predicted molar refractivity (Wildman–Crippen MR) is 171 cm³/mol. The number of guanidine groups is 1. The number of aromatic nitrogens is 2. The molecule has 1 aliphatic heterocycles. The summed E-state index contributed by atoms with van der Waals surface area (Å²) in [6.07, 6.45) is 5.67. The van der Waals surface area contributed by atoms with Gasteiger partial charge in [0.15, 0.2) is 5.96 Å². The molecule has 7 nitrogen and oxygen atoms in total. The number of halogens is 1. The second kappa shape index (κ2) is 11.6. The second-order valence-electron chi connectivity index (χ2n) is 14.1. The molecule has 0 radical (unpaired) electrons. The Kier molecular flexibility index (Phi) is 7.99. The van der Waals surface area contributed by atoms with E-state index in [0.29, 0.717) is 64.4 Å². The van der Waals surface area contributed by atoms with Crippen LogP contribution in [0.3, 0.4) is 0 Å². The Morgan fingerprint density at radius 3 is 2.53 bits per heavy atom. The predicted octanol–water partition coefficient (Wildman–Crippen LogP) is 6.60. The zero-order chi connectivity index (χ0) is 30.5. The molecule has 0 amide bonds. The van der Waals surface area contributed by atoms with Crippen molar-refractivity contribution < 1.29 is 9.13 Å². The molecule has 230 valence electrons. The summed E-state index contributed by atoms with van der Waals surface area (Å²) < 4.78 is 21.1. The lowest BCUT2D eigenvalue weighted by molar-refractivity contribution is -0.108. The summed E-state index contributed by atoms with van der Waals surface area (Å²) in [5, 5.41) is 4.22. The minimum Gasteiger partial charge on any atom is -0.497 e. The molecular weight excluding hydrogens is 541 g/mol. The van der Waals surface area contributed by atoms with Crippen LogP contribution >= 0.6 is 0 Å². The topological polar surface area (TPSA) is 71.8 Å². The van der Waals surface area contributed by atoms with E-state index in [-0.39, 0.29) is 11.4 Å². The molecule has 0 spiro atoms. The van der Waals surface area contributed by atoms with Crippen LogP contribution in [0.1, 0.15) is 59.4 Å². The number of likely N-dealkylation sites (tertiary alicyclic amines) is 1. The number of hydrogen-bond donors (Lipinski definition) is 1. The highest BCUT2D eigenvalue weighted by Crippen LogP contribution is 2.61. The maximum atomic E-state index is 14.4. The average molecular weight is 588 g/mol. The number of ether oxygens (including phenoxy) is 1. The van der Waals surface area contributed by atoms with E-state index in [1.54, 1.807) is 23.0 Å². The van der Waals surface area contributed by atoms with Gasteiger partial charge in [-0.2, -0.15) is 0 Å². The number of benzene rings is 2. The first-order chi connectivity index (χ1) is 20.5. The van der Waals surface area contributed by atoms with Gasteiger partial charge < -0.3 is 15.0 Å². The van der Waals surface area contributed by atoms with Gasteiger partial charge in [0.05, 0.1) is 30.4 Å². The summed E-state index contributed by atoms with van der Waals surface area (Å²) in [6, 6.07) is 10.9. The summed E-state index contributed by atoms with van der Waals surface area (Å²) in [4.78, 5) is 25.8. The van der Waals surface area contributed by atoms with Crippen molar-refractivity contribution >= 4 is 22.5 Å². The van der Waals surface area contributed by atoms with E-state index in [1.807, 2.05) is 18.2 Å². The van der Waals surface area contributed by atoms with E-state index in [9.17, 15) is 9.18 Å². The number of aliphatic imine (C=N–C) groups is 1. The summed E-state index contributed by atoms with van der Waals surface area (Å²) in [7, 11) is 1.51. The molecule has 3 saturated carbocycles. The first kappa shape index (κ1) is 29.6. The van der Waals surface area contributed by atoms with E-state index >= 15 is 0 Å². The van der Waals surface area contributed by atoms with Crippen LogP contribution in [0.15, 0.2) is 52.5 Å². The highest BCUT2D eigenvalue weighted by Gasteiger charge is 2.56. The number of piperidine rings is 1. The average Bonchev–Trinajstić information content (AvgIpc) is 2.97. The standard InChI is InChI=1S/C35H46FN5O2/c1-21-13-22(2)19-41(18-21)34(39-31-15-25-14-29(23(31)3)35(25,4)5)38-26-8-10-28-32(16-26)37-20-40(33(28)42)12-11-24-7-9-27(43-6)17-30(24)36/h7-10,16-17,20-23,25,29,31H,11-15,18-19H2,1-6H3,(H,38,39). The fourth-order valence-corrected chi connectivity index (χ4v) is 8.10. The van der Waals surface area contributed by atoms with Crippen molar-refractivity contribution in [1.82, 2.24) is 14.5 Å². The van der Waals surface area contributed by atoms with Crippen LogP contribution < -0.4 is 15.6 Å². The van der Waals surface area contributed by atoms with E-state index in [0.717, 1.165) is 43.0 Å². The van der Waals surface area contributed by atoms with Gasteiger partial charge in [-0.25, -0.2) is 14.4 Å². The zero-order valence-electron chi connectivity index (χ0n) is 26.4. The van der Waals surface area contributed by atoms with Crippen LogP contribution in [0.25, 0.3) is 10.9 Å². The van der Waals surface area contributed by atoms with Crippen molar-refractivity contribution in [2.75, 3.05) is 25.5 Å². The Morgan fingerprint density at radius 2 is 1.86 bits per heavy atom. The number of nitrogens with one attached hydrogen (secondary N) is 1. The SMILES string of the molecule is COc1ccc(CCn2cnc3cc(NC(=NC4CC5CC(C4C)C5(C)C)N4CC(C)CC(C)C4)ccc3c2=O)c(F)c1. The third-order valence-corrected chi connectivity index (χ3v) is 10.7. The Labute approximate surface area is 254 Å². The number of anilines is 1. The zero-order valence-corrected chi connectivity index (χ0v) is 26.4. The minimum atomic E-state index is -0.338. The van der Waals surface area contributed by atoms with Crippen LogP contribution in [-0.2, 0) is 13.0 Å². The molecule has 6 unspecified atom stereocenters. The van der Waals surface area contributed by atoms with Gasteiger partial charge in [-0.3, -0.25) is 9.36 Å². The highest BCUT2D eigenvalue weighted by atomic mass is 19.1. The van der Waals surface area contributed by atoms with Gasteiger partial charge in [-0.1, -0.05) is 40.7 Å². The van der Waals surface area contributed by atoms with Crippen molar-refractivity contribution in [2.24, 2.45) is 40.0 Å². The van der Waals surface area contributed by atoms with Crippen molar-refractivity contribution in [3.05, 3.63) is 64.5 Å². The van der Waals surface area contributed by atoms with Crippen LogP contribution in [0.2, 0.25) is 0 Å². The Balaban J connectivity index is 1.23. The molecule has 6 atom stereocenters. The first-order valence-electron chi connectivity index (χ1n) is 15.9. The van der Waals surface area contributed by atoms with Crippen molar-refractivity contribution in [1.29, 1.82) is 0 Å². The van der Waals surface area contributed by atoms with Crippen molar-refractivity contribution in [3.8, 4) is 5.75 Å². The van der Waals surface area contributed by atoms with E-state index in [4.69, 9.17) is 9.73 Å². The molecule has 43 heavy (non-hydrogen) atoms. The maximum absolute atomic E-state index is 14.4. The second-order valence-corrected chi connectivity index (χ2v) is 14.1. The summed E-state index contributed by atoms with van der Waals surface area (Å²) in [6.45, 7) is 14.2. The molecule has 4 aliphatic rings. The molecule has 2 aromatic carbocycles. The van der Waals surface area contributed by atoms with Gasteiger partial charge in [0, 0.05) is 31.4 Å². The molecule has 8 heteroatoms. The number of nitrogens with zero attached hydrogens (tertiary/aromatic N) is 4. The van der Waals surface area contributed by atoms with Gasteiger partial charge in [0.2, 0.25) is 0 Å². The van der Waals surface area contributed by atoms with Crippen LogP contribution in [0.5, 0.6) is 5.75 Å². The van der Waals surface area contributed by atoms with Crippen LogP contribution in [0, 0.1) is 40.8 Å². The molecule has 7 rings (SSSR count). The van der Waals surface area contributed by atoms with E-state index < -0.39 is 0 Å². The molecule has 2 heterocycles. The number of methoxy groups -OCH3 is 1. The Hall–Kier alpha value is -3.42. The number of hydrogen-bond acceptors (Lipinski definition) is 4. The molecule has 3 aromatic rings. The third kappa shape index (κ3) is 5.77. The van der Waals surface area contributed by atoms with Gasteiger partial charge >= 0.3 is 0 Å². The fraction of sp³-hybridized carbons (Fsp3) is 0.571. The molecule has 1 N–H and O–H groups in total. The third-order valence-electron chi connectivity index (χ3n) is 10.7. The van der Waals surface area contributed by atoms with Gasteiger partial charge in [-0.15, -0.1) is 0 Å². The van der Waals surface area contributed by atoms with E-state index in [1.165, 1.54) is 26.0 Å². The molecular formula is C35H46FN5O2. The number of aryl methyl sites for hydroxylation is 2. The lowest BCUT2D eigenvalue weighted by Crippen LogP contribution is -2.57. The summed E-state index contributed by atoms with van der Waals surface area (Å²) in [5.41, 5.74) is 2.35. The molecule has 4 fully saturated rings. The monoisotopic (exact) mass is 587 g/mol. The van der Waals surface area contributed by atoms with Crippen molar-refractivity contribution in [3.63, 3.8) is 0 Å². The van der Waals surface area contributed by atoms with Gasteiger partial charge in [-0.05, 0) is 90.5 Å². The Morgan fingerprint density at radius 1 is 1.09 bits per heavy atom. The Bertz CT molecular complexity index is 1570. The largest absolute Gasteiger partial charge is 0.497 e. The first-order valence-corrected chi connectivity index (χ1v) is 15.9. The minimum absolute atomic E-state index is 0.129. The number of fused-ring (bicyclic) bond motifs is 3. The van der Waals surface area contributed by atoms with Crippen molar-refractivity contribution in [2.45, 2.75) is 72.9 Å². The normalized spacial score (nSPS) is 28.4. The van der Waals surface area contributed by atoms with Gasteiger partial charge in [0.1, 0.15) is 11.6 Å². The quantitative estimate of drug-likeness (QED) is 0.260. The van der Waals surface area contributed by atoms with Crippen LogP contribution in [-0.4, -0.2) is 46.7 Å². The molecule has 3 aliphatic carbocycles. The molecule has 1 aromatic heterocycles. The summed E-state index contributed by atoms with van der Waals surface area (Å²) in [5.74, 6) is 4.33. The lowest BCUT2D eigenvalue weighted by Gasteiger charge is -2.61. The molecule has 1 saturated heterocycles. The maximum Gasteiger partial charge on any atom is 0.261 e. The lowest BCUT2D eigenvalue weighted by atomic mass is 9.45. The highest BCUT2D eigenvalue weighted by molar-refractivity contribution is 5.96. The molecule has 2 bridgehead atoms. The summed E-state index contributed by atoms with van der Waals surface area (Å²) >= 11 is 0. The smallest absolute Gasteiger partial charge is 0.261 e. The van der Waals surface area contributed by atoms with Crippen LogP contribution in [0.4, 0.5) is 10.1 Å². The number of rotatable bonds is 6. The fourth-order valence-electron chi connectivity index (χ4n) is 8.10.